The first-order valence-corrected chi connectivity index (χ1v) is 4.44. The Balaban J connectivity index is 2.51. The van der Waals surface area contributed by atoms with Crippen LogP contribution in [0.25, 0.3) is 0 Å². The summed E-state index contributed by atoms with van der Waals surface area (Å²) in [6, 6.07) is 0. The van der Waals surface area contributed by atoms with Crippen LogP contribution in [0.2, 0.25) is 0 Å². The molecule has 1 heterocycles. The predicted octanol–water partition coefficient (Wildman–Crippen LogP) is -0.147. The average Bonchev–Trinajstić information content (AvgIpc) is 2.48. The van der Waals surface area contributed by atoms with Gasteiger partial charge in [-0.1, -0.05) is 0 Å². The van der Waals surface area contributed by atoms with Gasteiger partial charge in [-0.3, -0.25) is 0 Å². The highest BCUT2D eigenvalue weighted by molar-refractivity contribution is 4.94. The molecular weight excluding hydrogens is 168 g/mol. The summed E-state index contributed by atoms with van der Waals surface area (Å²) in [5.41, 5.74) is 5.46. The first-order chi connectivity index (χ1) is 6.29. The zero-order valence-electron chi connectivity index (χ0n) is 8.16. The Labute approximate surface area is 77.9 Å². The van der Waals surface area contributed by atoms with E-state index in [9.17, 15) is 0 Å². The lowest BCUT2D eigenvalue weighted by Gasteiger charge is -2.02. The SMILES string of the molecule is CCOCCc1nnc(CN)n1C. The average molecular weight is 184 g/mol. The third kappa shape index (κ3) is 2.50. The van der Waals surface area contributed by atoms with Crippen LogP contribution in [0.5, 0.6) is 0 Å². The van der Waals surface area contributed by atoms with Gasteiger partial charge in [-0.05, 0) is 6.92 Å². The second kappa shape index (κ2) is 4.94. The number of ether oxygens (including phenoxy) is 1. The summed E-state index contributed by atoms with van der Waals surface area (Å²) in [5, 5.41) is 7.96. The molecule has 0 aliphatic rings. The first-order valence-electron chi connectivity index (χ1n) is 4.44. The van der Waals surface area contributed by atoms with Gasteiger partial charge in [0, 0.05) is 20.1 Å². The number of hydrogen-bond donors (Lipinski definition) is 1. The lowest BCUT2D eigenvalue weighted by Crippen LogP contribution is -2.08. The topological polar surface area (TPSA) is 66.0 Å². The zero-order valence-corrected chi connectivity index (χ0v) is 8.16. The molecule has 0 fully saturated rings. The molecule has 0 bridgehead atoms. The number of nitrogens with two attached hydrogens (primary N) is 1. The molecule has 0 saturated heterocycles. The van der Waals surface area contributed by atoms with Crippen molar-refractivity contribution in [2.45, 2.75) is 19.9 Å². The Kier molecular flexibility index (Phi) is 3.85. The van der Waals surface area contributed by atoms with Crippen LogP contribution in [0, 0.1) is 0 Å². The monoisotopic (exact) mass is 184 g/mol. The minimum Gasteiger partial charge on any atom is -0.381 e. The summed E-state index contributed by atoms with van der Waals surface area (Å²) in [6.45, 7) is 3.83. The van der Waals surface area contributed by atoms with E-state index < -0.39 is 0 Å². The molecule has 0 aliphatic heterocycles. The van der Waals surface area contributed by atoms with E-state index in [1.54, 1.807) is 0 Å². The molecule has 0 saturated carbocycles. The summed E-state index contributed by atoms with van der Waals surface area (Å²) < 4.78 is 7.14. The van der Waals surface area contributed by atoms with Crippen LogP contribution >= 0.6 is 0 Å². The standard InChI is InChI=1S/C8H16N4O/c1-3-13-5-4-7-10-11-8(6-9)12(7)2/h3-6,9H2,1-2H3. The quantitative estimate of drug-likeness (QED) is 0.646. The van der Waals surface area contributed by atoms with Crippen LogP contribution in [0.4, 0.5) is 0 Å². The van der Waals surface area contributed by atoms with Crippen LogP contribution in [0.15, 0.2) is 0 Å². The molecule has 13 heavy (non-hydrogen) atoms. The molecule has 0 aromatic carbocycles. The highest BCUT2D eigenvalue weighted by Gasteiger charge is 2.05. The molecule has 74 valence electrons. The molecular formula is C8H16N4O. The highest BCUT2D eigenvalue weighted by atomic mass is 16.5. The summed E-state index contributed by atoms with van der Waals surface area (Å²) in [7, 11) is 1.92. The van der Waals surface area contributed by atoms with Crippen LogP contribution in [0.3, 0.4) is 0 Å². The van der Waals surface area contributed by atoms with Gasteiger partial charge in [-0.25, -0.2) is 0 Å². The van der Waals surface area contributed by atoms with Crippen molar-refractivity contribution in [3.05, 3.63) is 11.6 Å². The van der Waals surface area contributed by atoms with Crippen molar-refractivity contribution in [3.63, 3.8) is 0 Å². The van der Waals surface area contributed by atoms with Crippen molar-refractivity contribution < 1.29 is 4.74 Å². The Morgan fingerprint density at radius 3 is 2.62 bits per heavy atom. The Hall–Kier alpha value is -0.940. The maximum Gasteiger partial charge on any atom is 0.146 e. The molecule has 0 amide bonds. The third-order valence-corrected chi connectivity index (χ3v) is 1.91. The van der Waals surface area contributed by atoms with Gasteiger partial charge in [0.2, 0.25) is 0 Å². The lowest BCUT2D eigenvalue weighted by molar-refractivity contribution is 0.149. The predicted molar refractivity (Wildman–Crippen MR) is 49.1 cm³/mol. The first kappa shape index (κ1) is 10.1. The number of hydrogen-bond acceptors (Lipinski definition) is 4. The summed E-state index contributed by atoms with van der Waals surface area (Å²) in [4.78, 5) is 0. The molecule has 1 rings (SSSR count). The Morgan fingerprint density at radius 2 is 2.08 bits per heavy atom. The summed E-state index contributed by atoms with van der Waals surface area (Å²) >= 11 is 0. The third-order valence-electron chi connectivity index (χ3n) is 1.91. The van der Waals surface area contributed by atoms with E-state index in [2.05, 4.69) is 10.2 Å². The molecule has 1 aromatic heterocycles. The largest absolute Gasteiger partial charge is 0.381 e. The van der Waals surface area contributed by atoms with Crippen LogP contribution in [0.1, 0.15) is 18.6 Å². The van der Waals surface area contributed by atoms with Gasteiger partial charge in [0.25, 0.3) is 0 Å². The molecule has 0 atom stereocenters. The van der Waals surface area contributed by atoms with E-state index in [0.29, 0.717) is 13.2 Å². The van der Waals surface area contributed by atoms with Crippen molar-refractivity contribution in [2.24, 2.45) is 12.8 Å². The molecule has 1 aromatic rings. The van der Waals surface area contributed by atoms with Crippen LogP contribution < -0.4 is 5.73 Å². The van der Waals surface area contributed by atoms with Gasteiger partial charge in [-0.15, -0.1) is 10.2 Å². The van der Waals surface area contributed by atoms with Crippen molar-refractivity contribution >= 4 is 0 Å². The van der Waals surface area contributed by atoms with E-state index >= 15 is 0 Å². The number of rotatable bonds is 5. The minimum atomic E-state index is 0.429. The van der Waals surface area contributed by atoms with Crippen LogP contribution in [-0.4, -0.2) is 28.0 Å². The molecule has 0 radical (unpaired) electrons. The summed E-state index contributed by atoms with van der Waals surface area (Å²) in [5.74, 6) is 1.74. The maximum absolute atomic E-state index is 5.46. The highest BCUT2D eigenvalue weighted by Crippen LogP contribution is 1.99. The van der Waals surface area contributed by atoms with Gasteiger partial charge in [0.05, 0.1) is 13.2 Å². The number of nitrogens with zero attached hydrogens (tertiary/aromatic N) is 3. The fourth-order valence-electron chi connectivity index (χ4n) is 1.10. The van der Waals surface area contributed by atoms with E-state index in [1.807, 2.05) is 18.5 Å². The Morgan fingerprint density at radius 1 is 1.38 bits per heavy atom. The van der Waals surface area contributed by atoms with E-state index in [4.69, 9.17) is 10.5 Å². The van der Waals surface area contributed by atoms with Gasteiger partial charge in [0.15, 0.2) is 0 Å². The normalized spacial score (nSPS) is 10.7. The fourth-order valence-corrected chi connectivity index (χ4v) is 1.10. The molecule has 5 heteroatoms. The zero-order chi connectivity index (χ0) is 9.68. The van der Waals surface area contributed by atoms with Crippen molar-refractivity contribution in [1.82, 2.24) is 14.8 Å². The second-order valence-corrected chi connectivity index (χ2v) is 2.74. The minimum absolute atomic E-state index is 0.429. The smallest absolute Gasteiger partial charge is 0.146 e. The fraction of sp³-hybridized carbons (Fsp3) is 0.750. The van der Waals surface area contributed by atoms with Crippen molar-refractivity contribution in [1.29, 1.82) is 0 Å². The van der Waals surface area contributed by atoms with Gasteiger partial charge >= 0.3 is 0 Å². The molecule has 0 spiro atoms. The second-order valence-electron chi connectivity index (χ2n) is 2.74. The molecule has 2 N–H and O–H groups in total. The molecule has 0 aliphatic carbocycles. The van der Waals surface area contributed by atoms with E-state index in [-0.39, 0.29) is 0 Å². The van der Waals surface area contributed by atoms with Gasteiger partial charge < -0.3 is 15.0 Å². The van der Waals surface area contributed by atoms with Crippen molar-refractivity contribution in [2.75, 3.05) is 13.2 Å². The lowest BCUT2D eigenvalue weighted by atomic mass is 10.4. The number of aromatic nitrogens is 3. The van der Waals surface area contributed by atoms with Gasteiger partial charge in [-0.2, -0.15) is 0 Å². The van der Waals surface area contributed by atoms with Crippen molar-refractivity contribution in [3.8, 4) is 0 Å². The molecule has 0 unspecified atom stereocenters. The summed E-state index contributed by atoms with van der Waals surface area (Å²) in [6.07, 6.45) is 0.789. The Bertz CT molecular complexity index is 259. The van der Waals surface area contributed by atoms with E-state index in [0.717, 1.165) is 24.7 Å². The van der Waals surface area contributed by atoms with Crippen LogP contribution in [-0.2, 0) is 24.8 Å². The van der Waals surface area contributed by atoms with E-state index in [1.165, 1.54) is 0 Å². The van der Waals surface area contributed by atoms with Gasteiger partial charge in [0.1, 0.15) is 11.6 Å². The molecule has 5 nitrogen and oxygen atoms in total. The maximum atomic E-state index is 5.46.